The number of carbonyl (C=O) groups excluding carboxylic acids is 3. The van der Waals surface area contributed by atoms with Gasteiger partial charge in [-0.3, -0.25) is 14.5 Å². The smallest absolute Gasteiger partial charge is 0.325 e. The number of aromatic hydroxyl groups is 1. The average Bonchev–Trinajstić information content (AvgIpc) is 2.96. The van der Waals surface area contributed by atoms with Crippen molar-refractivity contribution < 1.29 is 19.5 Å². The third kappa shape index (κ3) is 3.52. The van der Waals surface area contributed by atoms with Crippen molar-refractivity contribution in [3.05, 3.63) is 24.3 Å². The summed E-state index contributed by atoms with van der Waals surface area (Å²) in [5.74, 6) is -0.131. The number of anilines is 1. The molecule has 0 aromatic heterocycles. The zero-order chi connectivity index (χ0) is 20.6. The number of phenolic OH excluding ortho intramolecular Hbond substituents is 1. The van der Waals surface area contributed by atoms with Crippen LogP contribution < -0.4 is 10.2 Å². The molecule has 1 spiro atoms. The van der Waals surface area contributed by atoms with Crippen molar-refractivity contribution in [3.63, 3.8) is 0 Å². The van der Waals surface area contributed by atoms with Crippen LogP contribution in [0.5, 0.6) is 5.75 Å². The molecule has 8 heteroatoms. The van der Waals surface area contributed by atoms with Crippen LogP contribution in [-0.4, -0.2) is 71.0 Å². The van der Waals surface area contributed by atoms with Crippen molar-refractivity contribution in [1.82, 2.24) is 15.1 Å². The first-order valence-corrected chi connectivity index (χ1v) is 10.4. The van der Waals surface area contributed by atoms with Gasteiger partial charge in [-0.2, -0.15) is 0 Å². The van der Waals surface area contributed by atoms with Crippen LogP contribution >= 0.6 is 0 Å². The van der Waals surface area contributed by atoms with E-state index < -0.39 is 11.6 Å². The molecule has 8 nitrogen and oxygen atoms in total. The minimum Gasteiger partial charge on any atom is -0.508 e. The lowest BCUT2D eigenvalue weighted by molar-refractivity contribution is -0.140. The van der Waals surface area contributed by atoms with Crippen LogP contribution in [0.3, 0.4) is 0 Å². The van der Waals surface area contributed by atoms with Crippen LogP contribution in [0.15, 0.2) is 24.3 Å². The molecule has 3 fully saturated rings. The highest BCUT2D eigenvalue weighted by Gasteiger charge is 2.55. The van der Waals surface area contributed by atoms with Gasteiger partial charge in [-0.05, 0) is 43.0 Å². The maximum Gasteiger partial charge on any atom is 0.325 e. The SMILES string of the molecule is C[C@H]1CCCC[C@]12NC(=O)N(CC(=O)N1CCN(c3ccc(O)cc3)CC1)C2=O. The molecule has 156 valence electrons. The van der Waals surface area contributed by atoms with E-state index >= 15 is 0 Å². The molecule has 0 radical (unpaired) electrons. The van der Waals surface area contributed by atoms with Crippen LogP contribution in [-0.2, 0) is 9.59 Å². The van der Waals surface area contributed by atoms with Gasteiger partial charge in [-0.1, -0.05) is 19.8 Å². The van der Waals surface area contributed by atoms with Crippen LogP contribution in [0.1, 0.15) is 32.6 Å². The maximum absolute atomic E-state index is 13.0. The molecule has 1 aliphatic carbocycles. The number of hydrogen-bond acceptors (Lipinski definition) is 5. The molecule has 29 heavy (non-hydrogen) atoms. The standard InChI is InChI=1S/C21H28N4O4/c1-15-4-2-3-9-21(15)19(28)25(20(29)22-21)14-18(27)24-12-10-23(11-13-24)16-5-7-17(26)8-6-16/h5-8,15,26H,2-4,9-14H2,1H3,(H,22,29)/t15-,21-/m0/s1. The summed E-state index contributed by atoms with van der Waals surface area (Å²) in [7, 11) is 0. The second kappa shape index (κ2) is 7.57. The summed E-state index contributed by atoms with van der Waals surface area (Å²) in [5.41, 5.74) is 0.171. The van der Waals surface area contributed by atoms with Gasteiger partial charge in [0, 0.05) is 31.9 Å². The number of amides is 4. The summed E-state index contributed by atoms with van der Waals surface area (Å²) in [6.07, 6.45) is 3.54. The molecule has 0 unspecified atom stereocenters. The predicted molar refractivity (Wildman–Crippen MR) is 108 cm³/mol. The van der Waals surface area contributed by atoms with E-state index in [1.54, 1.807) is 17.0 Å². The van der Waals surface area contributed by atoms with Crippen molar-refractivity contribution >= 4 is 23.5 Å². The molecule has 1 aromatic carbocycles. The molecule has 2 atom stereocenters. The second-order valence-corrected chi connectivity index (χ2v) is 8.32. The van der Waals surface area contributed by atoms with Gasteiger partial charge in [-0.15, -0.1) is 0 Å². The quantitative estimate of drug-likeness (QED) is 0.751. The van der Waals surface area contributed by atoms with Gasteiger partial charge < -0.3 is 20.2 Å². The van der Waals surface area contributed by atoms with Gasteiger partial charge in [0.1, 0.15) is 17.8 Å². The minimum atomic E-state index is -0.826. The number of imide groups is 1. The van der Waals surface area contributed by atoms with E-state index in [-0.39, 0.29) is 30.0 Å². The molecule has 4 rings (SSSR count). The van der Waals surface area contributed by atoms with Gasteiger partial charge in [-0.25, -0.2) is 4.79 Å². The number of benzene rings is 1. The van der Waals surface area contributed by atoms with E-state index in [9.17, 15) is 19.5 Å². The van der Waals surface area contributed by atoms with Crippen LogP contribution in [0, 0.1) is 5.92 Å². The first kappa shape index (κ1) is 19.5. The molecule has 2 aliphatic heterocycles. The fourth-order valence-corrected chi connectivity index (χ4v) is 4.75. The van der Waals surface area contributed by atoms with Gasteiger partial charge in [0.15, 0.2) is 0 Å². The highest BCUT2D eigenvalue weighted by molar-refractivity contribution is 6.09. The lowest BCUT2D eigenvalue weighted by Crippen LogP contribution is -2.54. The lowest BCUT2D eigenvalue weighted by Gasteiger charge is -2.37. The Hall–Kier alpha value is -2.77. The minimum absolute atomic E-state index is 0.0849. The molecule has 1 saturated carbocycles. The number of piperazine rings is 1. The highest BCUT2D eigenvalue weighted by Crippen LogP contribution is 2.38. The Morgan fingerprint density at radius 2 is 1.83 bits per heavy atom. The Bertz CT molecular complexity index is 803. The summed E-state index contributed by atoms with van der Waals surface area (Å²) in [6.45, 7) is 4.20. The van der Waals surface area contributed by atoms with E-state index in [2.05, 4.69) is 10.2 Å². The molecular formula is C21H28N4O4. The molecule has 0 bridgehead atoms. The lowest BCUT2D eigenvalue weighted by atomic mass is 9.73. The Balaban J connectivity index is 1.36. The molecule has 3 aliphatic rings. The Kier molecular flexibility index (Phi) is 5.10. The number of carbonyl (C=O) groups is 3. The Morgan fingerprint density at radius 1 is 1.14 bits per heavy atom. The molecular weight excluding hydrogens is 372 g/mol. The normalized spacial score (nSPS) is 27.5. The van der Waals surface area contributed by atoms with E-state index in [0.717, 1.165) is 29.8 Å². The number of phenols is 1. The van der Waals surface area contributed by atoms with E-state index in [1.807, 2.05) is 19.1 Å². The highest BCUT2D eigenvalue weighted by atomic mass is 16.3. The van der Waals surface area contributed by atoms with Crippen molar-refractivity contribution in [2.45, 2.75) is 38.1 Å². The van der Waals surface area contributed by atoms with Crippen molar-refractivity contribution in [2.24, 2.45) is 5.92 Å². The Labute approximate surface area is 170 Å². The molecule has 2 N–H and O–H groups in total. The first-order chi connectivity index (χ1) is 13.9. The van der Waals surface area contributed by atoms with Gasteiger partial charge in [0.2, 0.25) is 5.91 Å². The molecule has 4 amide bonds. The second-order valence-electron chi connectivity index (χ2n) is 8.32. The zero-order valence-electron chi connectivity index (χ0n) is 16.8. The molecule has 1 aromatic rings. The van der Waals surface area contributed by atoms with Crippen molar-refractivity contribution in [3.8, 4) is 5.75 Å². The number of urea groups is 1. The summed E-state index contributed by atoms with van der Waals surface area (Å²) >= 11 is 0. The van der Waals surface area contributed by atoms with Crippen molar-refractivity contribution in [2.75, 3.05) is 37.6 Å². The summed E-state index contributed by atoms with van der Waals surface area (Å²) in [6, 6.07) is 6.55. The summed E-state index contributed by atoms with van der Waals surface area (Å²) in [4.78, 5) is 43.3. The van der Waals surface area contributed by atoms with Gasteiger partial charge in [0.25, 0.3) is 5.91 Å². The van der Waals surface area contributed by atoms with Crippen molar-refractivity contribution in [1.29, 1.82) is 0 Å². The number of nitrogens with one attached hydrogen (secondary N) is 1. The van der Waals surface area contributed by atoms with Gasteiger partial charge >= 0.3 is 6.03 Å². The third-order valence-corrected chi connectivity index (χ3v) is 6.64. The average molecular weight is 400 g/mol. The fourth-order valence-electron chi connectivity index (χ4n) is 4.75. The molecule has 2 heterocycles. The number of hydrogen-bond donors (Lipinski definition) is 2. The van der Waals surface area contributed by atoms with Crippen LogP contribution in [0.2, 0.25) is 0 Å². The van der Waals surface area contributed by atoms with E-state index in [1.165, 1.54) is 0 Å². The number of nitrogens with zero attached hydrogens (tertiary/aromatic N) is 3. The Morgan fingerprint density at radius 3 is 2.48 bits per heavy atom. The summed E-state index contributed by atoms with van der Waals surface area (Å²) < 4.78 is 0. The first-order valence-electron chi connectivity index (χ1n) is 10.4. The van der Waals surface area contributed by atoms with E-state index in [0.29, 0.717) is 32.6 Å². The number of rotatable bonds is 3. The van der Waals surface area contributed by atoms with Crippen LogP contribution in [0.4, 0.5) is 10.5 Å². The topological polar surface area (TPSA) is 93.2 Å². The monoisotopic (exact) mass is 400 g/mol. The molecule has 2 saturated heterocycles. The van der Waals surface area contributed by atoms with Crippen LogP contribution in [0.25, 0.3) is 0 Å². The maximum atomic E-state index is 13.0. The third-order valence-electron chi connectivity index (χ3n) is 6.64. The summed E-state index contributed by atoms with van der Waals surface area (Å²) in [5, 5.41) is 12.3. The van der Waals surface area contributed by atoms with E-state index in [4.69, 9.17) is 0 Å². The fraction of sp³-hybridized carbons (Fsp3) is 0.571. The largest absolute Gasteiger partial charge is 0.508 e. The predicted octanol–water partition coefficient (Wildman–Crippen LogP) is 1.54. The zero-order valence-corrected chi connectivity index (χ0v) is 16.8. The van der Waals surface area contributed by atoms with Gasteiger partial charge in [0.05, 0.1) is 0 Å².